The zero-order chi connectivity index (χ0) is 13.5. The number of aromatic nitrogens is 2. The monoisotopic (exact) mass is 264 g/mol. The number of nitrogens with zero attached hydrogens (tertiary/aromatic N) is 2. The van der Waals surface area contributed by atoms with Gasteiger partial charge < -0.3 is 0 Å². The van der Waals surface area contributed by atoms with Crippen LogP contribution in [0.2, 0.25) is 0 Å². The fourth-order valence-corrected chi connectivity index (χ4v) is 3.77. The molecule has 0 radical (unpaired) electrons. The summed E-state index contributed by atoms with van der Waals surface area (Å²) in [6, 6.07) is 5.42. The van der Waals surface area contributed by atoms with E-state index in [-0.39, 0.29) is 0 Å². The molecule has 0 aliphatic heterocycles. The standard InChI is InChI=1S/C13H16N2O2S/c1-9-7-10(2)13(11(3)8-9)18(16,17)15-6-5-12(4)14-15/h5-8H,1-4H3. The van der Waals surface area contributed by atoms with Crippen LogP contribution in [0.15, 0.2) is 29.3 Å². The van der Waals surface area contributed by atoms with E-state index in [1.807, 2.05) is 32.9 Å². The van der Waals surface area contributed by atoms with Crippen LogP contribution in [0.5, 0.6) is 0 Å². The minimum absolute atomic E-state index is 0.344. The molecule has 1 aromatic heterocycles. The van der Waals surface area contributed by atoms with Crippen molar-refractivity contribution < 1.29 is 8.42 Å². The van der Waals surface area contributed by atoms with Crippen molar-refractivity contribution in [1.82, 2.24) is 9.19 Å². The number of hydrogen-bond acceptors (Lipinski definition) is 3. The molecule has 18 heavy (non-hydrogen) atoms. The Hall–Kier alpha value is -1.62. The highest BCUT2D eigenvalue weighted by atomic mass is 32.2. The molecule has 0 aliphatic rings. The SMILES string of the molecule is Cc1cc(C)c(S(=O)(=O)n2ccc(C)n2)c(C)c1. The summed E-state index contributed by atoms with van der Waals surface area (Å²) >= 11 is 0. The molecule has 0 unspecified atom stereocenters. The molecule has 2 rings (SSSR count). The Labute approximate surface area is 107 Å². The molecular weight excluding hydrogens is 248 g/mol. The van der Waals surface area contributed by atoms with E-state index in [1.54, 1.807) is 13.0 Å². The first-order valence-corrected chi connectivity index (χ1v) is 7.12. The second-order valence-electron chi connectivity index (χ2n) is 4.56. The topological polar surface area (TPSA) is 52.0 Å². The average molecular weight is 264 g/mol. The number of aryl methyl sites for hydroxylation is 4. The van der Waals surface area contributed by atoms with Crippen molar-refractivity contribution in [2.75, 3.05) is 0 Å². The van der Waals surface area contributed by atoms with E-state index >= 15 is 0 Å². The number of rotatable bonds is 2. The third-order valence-corrected chi connectivity index (χ3v) is 4.66. The minimum Gasteiger partial charge on any atom is -0.199 e. The summed E-state index contributed by atoms with van der Waals surface area (Å²) in [5, 5.41) is 3.99. The van der Waals surface area contributed by atoms with Crippen molar-refractivity contribution in [3.63, 3.8) is 0 Å². The van der Waals surface area contributed by atoms with Crippen LogP contribution in [0.1, 0.15) is 22.4 Å². The molecule has 0 amide bonds. The predicted octanol–water partition coefficient (Wildman–Crippen LogP) is 2.35. The van der Waals surface area contributed by atoms with E-state index in [0.717, 1.165) is 20.8 Å². The summed E-state index contributed by atoms with van der Waals surface area (Å²) in [7, 11) is -3.59. The second kappa shape index (κ2) is 4.24. The highest BCUT2D eigenvalue weighted by molar-refractivity contribution is 7.90. The highest BCUT2D eigenvalue weighted by Crippen LogP contribution is 2.23. The van der Waals surface area contributed by atoms with Crippen molar-refractivity contribution in [3.8, 4) is 0 Å². The van der Waals surface area contributed by atoms with Crippen LogP contribution in [0, 0.1) is 27.7 Å². The largest absolute Gasteiger partial charge is 0.283 e. The lowest BCUT2D eigenvalue weighted by Crippen LogP contribution is -2.16. The maximum atomic E-state index is 12.5. The first kappa shape index (κ1) is 12.8. The fourth-order valence-electron chi connectivity index (χ4n) is 2.19. The Morgan fingerprint density at radius 3 is 2.06 bits per heavy atom. The Bertz CT molecular complexity index is 677. The first-order valence-electron chi connectivity index (χ1n) is 5.68. The smallest absolute Gasteiger partial charge is 0.199 e. The molecule has 96 valence electrons. The molecule has 5 heteroatoms. The van der Waals surface area contributed by atoms with Gasteiger partial charge in [-0.15, -0.1) is 0 Å². The summed E-state index contributed by atoms with van der Waals surface area (Å²) < 4.78 is 26.0. The molecular formula is C13H16N2O2S. The molecule has 0 saturated heterocycles. The zero-order valence-electron chi connectivity index (χ0n) is 10.9. The van der Waals surface area contributed by atoms with Crippen molar-refractivity contribution in [2.45, 2.75) is 32.6 Å². The summed E-state index contributed by atoms with van der Waals surface area (Å²) in [5.41, 5.74) is 3.24. The van der Waals surface area contributed by atoms with Gasteiger partial charge in [0.2, 0.25) is 0 Å². The molecule has 0 aliphatic carbocycles. The van der Waals surface area contributed by atoms with E-state index in [2.05, 4.69) is 5.10 Å². The number of hydrogen-bond donors (Lipinski definition) is 0. The lowest BCUT2D eigenvalue weighted by Gasteiger charge is -2.11. The Kier molecular flexibility index (Phi) is 3.02. The molecule has 0 bridgehead atoms. The van der Waals surface area contributed by atoms with Gasteiger partial charge in [-0.2, -0.15) is 17.6 Å². The van der Waals surface area contributed by atoms with E-state index in [4.69, 9.17) is 0 Å². The van der Waals surface area contributed by atoms with Gasteiger partial charge in [-0.1, -0.05) is 17.7 Å². The zero-order valence-corrected chi connectivity index (χ0v) is 11.7. The van der Waals surface area contributed by atoms with Gasteiger partial charge in [-0.3, -0.25) is 0 Å². The van der Waals surface area contributed by atoms with Crippen LogP contribution in [0.3, 0.4) is 0 Å². The Morgan fingerprint density at radius 1 is 1.06 bits per heavy atom. The molecule has 4 nitrogen and oxygen atoms in total. The van der Waals surface area contributed by atoms with E-state index in [1.165, 1.54) is 6.20 Å². The van der Waals surface area contributed by atoms with E-state index in [9.17, 15) is 8.42 Å². The van der Waals surface area contributed by atoms with Gasteiger partial charge in [0.15, 0.2) is 0 Å². The summed E-state index contributed by atoms with van der Waals surface area (Å²) in [4.78, 5) is 0.344. The molecule has 0 fully saturated rings. The van der Waals surface area contributed by atoms with Crippen LogP contribution >= 0.6 is 0 Å². The van der Waals surface area contributed by atoms with Gasteiger partial charge in [-0.05, 0) is 44.9 Å². The molecule has 0 N–H and O–H groups in total. The van der Waals surface area contributed by atoms with Crippen LogP contribution < -0.4 is 0 Å². The summed E-state index contributed by atoms with van der Waals surface area (Å²) in [6.45, 7) is 7.34. The minimum atomic E-state index is -3.59. The Balaban J connectivity index is 2.69. The van der Waals surface area contributed by atoms with E-state index < -0.39 is 10.0 Å². The van der Waals surface area contributed by atoms with Gasteiger partial charge in [-0.25, -0.2) is 0 Å². The van der Waals surface area contributed by atoms with Gasteiger partial charge >= 0.3 is 0 Å². The van der Waals surface area contributed by atoms with Gasteiger partial charge in [0.1, 0.15) is 0 Å². The quantitative estimate of drug-likeness (QED) is 0.836. The van der Waals surface area contributed by atoms with Gasteiger partial charge in [0, 0.05) is 6.20 Å². The van der Waals surface area contributed by atoms with Crippen LogP contribution in [0.25, 0.3) is 0 Å². The lowest BCUT2D eigenvalue weighted by molar-refractivity contribution is 0.578. The van der Waals surface area contributed by atoms with Gasteiger partial charge in [0.25, 0.3) is 10.0 Å². The van der Waals surface area contributed by atoms with Crippen molar-refractivity contribution >= 4 is 10.0 Å². The van der Waals surface area contributed by atoms with Crippen molar-refractivity contribution in [1.29, 1.82) is 0 Å². The molecule has 2 aromatic rings. The van der Waals surface area contributed by atoms with Crippen LogP contribution in [-0.4, -0.2) is 17.6 Å². The third kappa shape index (κ3) is 2.06. The normalized spacial score (nSPS) is 11.8. The first-order chi connectivity index (χ1) is 8.32. The molecule has 1 heterocycles. The number of benzene rings is 1. The fraction of sp³-hybridized carbons (Fsp3) is 0.308. The lowest BCUT2D eigenvalue weighted by atomic mass is 10.1. The average Bonchev–Trinajstić information content (AvgIpc) is 2.63. The van der Waals surface area contributed by atoms with Crippen LogP contribution in [-0.2, 0) is 10.0 Å². The predicted molar refractivity (Wildman–Crippen MR) is 70.2 cm³/mol. The molecule has 0 spiro atoms. The maximum absolute atomic E-state index is 12.5. The summed E-state index contributed by atoms with van der Waals surface area (Å²) in [5.74, 6) is 0. The Morgan fingerprint density at radius 2 is 1.61 bits per heavy atom. The third-order valence-electron chi connectivity index (χ3n) is 2.81. The van der Waals surface area contributed by atoms with Crippen LogP contribution in [0.4, 0.5) is 0 Å². The second-order valence-corrected chi connectivity index (χ2v) is 6.30. The van der Waals surface area contributed by atoms with Crippen molar-refractivity contribution in [2.24, 2.45) is 0 Å². The highest BCUT2D eigenvalue weighted by Gasteiger charge is 2.22. The molecule has 0 saturated carbocycles. The van der Waals surface area contributed by atoms with E-state index in [0.29, 0.717) is 10.6 Å². The van der Waals surface area contributed by atoms with Crippen molar-refractivity contribution in [3.05, 3.63) is 46.8 Å². The summed E-state index contributed by atoms with van der Waals surface area (Å²) in [6.07, 6.45) is 1.48. The van der Waals surface area contributed by atoms with Gasteiger partial charge in [0.05, 0.1) is 10.6 Å². The molecule has 1 aromatic carbocycles. The maximum Gasteiger partial charge on any atom is 0.283 e. The molecule has 0 atom stereocenters.